The highest BCUT2D eigenvalue weighted by molar-refractivity contribution is 7.60. The van der Waals surface area contributed by atoms with Crippen molar-refractivity contribution in [2.45, 2.75) is 27.7 Å². The van der Waals surface area contributed by atoms with Crippen molar-refractivity contribution in [1.82, 2.24) is 0 Å². The van der Waals surface area contributed by atoms with Crippen LogP contribution in [0.25, 0.3) is 0 Å². The molecule has 1 rings (SSSR count). The standard InChI is InChI=1S/C12H17O3P/c1-5-15-16(14)12(13)11-9(3)6-8(2)7-10(11)4/h6-7,16H,5H2,1-4H3. The zero-order valence-electron chi connectivity index (χ0n) is 10.1. The predicted octanol–water partition coefficient (Wildman–Crippen LogP) is 3.26. The van der Waals surface area contributed by atoms with E-state index in [9.17, 15) is 9.36 Å². The van der Waals surface area contributed by atoms with E-state index >= 15 is 0 Å². The van der Waals surface area contributed by atoms with Crippen LogP contribution in [0.15, 0.2) is 12.1 Å². The van der Waals surface area contributed by atoms with E-state index in [1.54, 1.807) is 6.92 Å². The van der Waals surface area contributed by atoms with Gasteiger partial charge in [0.2, 0.25) is 5.52 Å². The van der Waals surface area contributed by atoms with E-state index < -0.39 is 8.03 Å². The van der Waals surface area contributed by atoms with Crippen LogP contribution < -0.4 is 0 Å². The Balaban J connectivity index is 3.14. The van der Waals surface area contributed by atoms with Crippen LogP contribution in [0, 0.1) is 20.8 Å². The normalized spacial score (nSPS) is 12.5. The zero-order chi connectivity index (χ0) is 12.3. The van der Waals surface area contributed by atoms with Gasteiger partial charge in [-0.1, -0.05) is 17.7 Å². The minimum atomic E-state index is -2.62. The second kappa shape index (κ2) is 5.42. The van der Waals surface area contributed by atoms with Crippen molar-refractivity contribution in [2.75, 3.05) is 6.61 Å². The summed E-state index contributed by atoms with van der Waals surface area (Å²) in [5.74, 6) is 0. The molecular weight excluding hydrogens is 223 g/mol. The fraction of sp³-hybridized carbons (Fsp3) is 0.417. The van der Waals surface area contributed by atoms with Crippen LogP contribution >= 0.6 is 8.03 Å². The van der Waals surface area contributed by atoms with E-state index in [1.165, 1.54) is 0 Å². The maximum Gasteiger partial charge on any atom is 0.260 e. The second-order valence-electron chi connectivity index (χ2n) is 3.82. The molecule has 1 aromatic carbocycles. The summed E-state index contributed by atoms with van der Waals surface area (Å²) in [4.78, 5) is 11.9. The van der Waals surface area contributed by atoms with E-state index in [-0.39, 0.29) is 5.52 Å². The number of carbonyl (C=O) groups excluding carboxylic acids is 1. The molecular formula is C12H17O3P. The molecule has 16 heavy (non-hydrogen) atoms. The molecule has 3 nitrogen and oxygen atoms in total. The van der Waals surface area contributed by atoms with Crippen molar-refractivity contribution in [3.05, 3.63) is 34.4 Å². The first-order valence-electron chi connectivity index (χ1n) is 5.26. The lowest BCUT2D eigenvalue weighted by Crippen LogP contribution is -2.02. The summed E-state index contributed by atoms with van der Waals surface area (Å²) in [7, 11) is -2.62. The van der Waals surface area contributed by atoms with Gasteiger partial charge in [0.1, 0.15) is 0 Å². The van der Waals surface area contributed by atoms with Gasteiger partial charge in [-0.3, -0.25) is 9.36 Å². The lowest BCUT2D eigenvalue weighted by Gasteiger charge is -2.09. The Morgan fingerprint density at radius 3 is 2.19 bits per heavy atom. The molecule has 0 radical (unpaired) electrons. The van der Waals surface area contributed by atoms with Gasteiger partial charge in [0.15, 0.2) is 0 Å². The molecule has 0 bridgehead atoms. The fourth-order valence-corrected chi connectivity index (χ4v) is 2.83. The average Bonchev–Trinajstić information content (AvgIpc) is 2.16. The summed E-state index contributed by atoms with van der Waals surface area (Å²) < 4.78 is 16.4. The molecule has 0 saturated carbocycles. The number of benzene rings is 1. The Morgan fingerprint density at radius 2 is 1.75 bits per heavy atom. The number of aryl methyl sites for hydroxylation is 3. The molecule has 0 N–H and O–H groups in total. The molecule has 88 valence electrons. The van der Waals surface area contributed by atoms with Gasteiger partial charge in [0.05, 0.1) is 6.61 Å². The van der Waals surface area contributed by atoms with Crippen molar-refractivity contribution in [3.8, 4) is 0 Å². The van der Waals surface area contributed by atoms with Crippen LogP contribution in [-0.2, 0) is 9.09 Å². The van der Waals surface area contributed by atoms with Gasteiger partial charge >= 0.3 is 0 Å². The van der Waals surface area contributed by atoms with E-state index in [1.807, 2.05) is 32.9 Å². The number of carbonyl (C=O) groups is 1. The van der Waals surface area contributed by atoms with Gasteiger partial charge in [0.25, 0.3) is 8.03 Å². The number of hydrogen-bond donors (Lipinski definition) is 0. The lowest BCUT2D eigenvalue weighted by molar-refractivity contribution is 0.106. The SMILES string of the molecule is CCO[PH](=O)C(=O)c1c(C)cc(C)cc1C. The summed E-state index contributed by atoms with van der Waals surface area (Å²) >= 11 is 0. The van der Waals surface area contributed by atoms with Crippen LogP contribution in [-0.4, -0.2) is 12.1 Å². The minimum absolute atomic E-state index is 0.299. The first-order chi connectivity index (χ1) is 7.47. The summed E-state index contributed by atoms with van der Waals surface area (Å²) in [5.41, 5.74) is 2.99. The van der Waals surface area contributed by atoms with Gasteiger partial charge in [-0.25, -0.2) is 0 Å². The van der Waals surface area contributed by atoms with Crippen molar-refractivity contribution in [1.29, 1.82) is 0 Å². The largest absolute Gasteiger partial charge is 0.325 e. The second-order valence-corrected chi connectivity index (χ2v) is 5.14. The molecule has 0 aliphatic heterocycles. The van der Waals surface area contributed by atoms with E-state index in [2.05, 4.69) is 0 Å². The highest BCUT2D eigenvalue weighted by Gasteiger charge is 2.18. The Kier molecular flexibility index (Phi) is 4.45. The Bertz CT molecular complexity index is 415. The lowest BCUT2D eigenvalue weighted by atomic mass is 10.0. The summed E-state index contributed by atoms with van der Waals surface area (Å²) in [6.07, 6.45) is 0. The zero-order valence-corrected chi connectivity index (χ0v) is 11.1. The van der Waals surface area contributed by atoms with E-state index in [0.717, 1.165) is 16.7 Å². The smallest absolute Gasteiger partial charge is 0.260 e. The van der Waals surface area contributed by atoms with Gasteiger partial charge in [-0.05, 0) is 38.8 Å². The van der Waals surface area contributed by atoms with Crippen molar-refractivity contribution in [3.63, 3.8) is 0 Å². The molecule has 1 unspecified atom stereocenters. The van der Waals surface area contributed by atoms with E-state index in [0.29, 0.717) is 12.2 Å². The Hall–Kier alpha value is -0.920. The minimum Gasteiger partial charge on any atom is -0.325 e. The van der Waals surface area contributed by atoms with E-state index in [4.69, 9.17) is 4.52 Å². The maximum absolute atomic E-state index is 11.9. The van der Waals surface area contributed by atoms with Crippen LogP contribution in [0.5, 0.6) is 0 Å². The monoisotopic (exact) mass is 240 g/mol. The summed E-state index contributed by atoms with van der Waals surface area (Å²) in [5, 5.41) is 0. The molecule has 4 heteroatoms. The van der Waals surface area contributed by atoms with Crippen LogP contribution in [0.4, 0.5) is 0 Å². The van der Waals surface area contributed by atoms with Crippen LogP contribution in [0.3, 0.4) is 0 Å². The van der Waals surface area contributed by atoms with Gasteiger partial charge in [0, 0.05) is 5.56 Å². The highest BCUT2D eigenvalue weighted by Crippen LogP contribution is 2.31. The molecule has 1 atom stereocenters. The molecule has 0 fully saturated rings. The molecule has 0 aromatic heterocycles. The van der Waals surface area contributed by atoms with Gasteiger partial charge in [-0.15, -0.1) is 0 Å². The summed E-state index contributed by atoms with van der Waals surface area (Å²) in [6.45, 7) is 7.71. The average molecular weight is 240 g/mol. The van der Waals surface area contributed by atoms with Crippen molar-refractivity contribution >= 4 is 13.6 Å². The summed E-state index contributed by atoms with van der Waals surface area (Å²) in [6, 6.07) is 3.84. The van der Waals surface area contributed by atoms with Crippen molar-refractivity contribution in [2.24, 2.45) is 0 Å². The van der Waals surface area contributed by atoms with Gasteiger partial charge in [-0.2, -0.15) is 0 Å². The molecule has 0 heterocycles. The molecule has 0 aliphatic carbocycles. The number of hydrogen-bond acceptors (Lipinski definition) is 3. The third-order valence-corrected chi connectivity index (χ3v) is 3.54. The van der Waals surface area contributed by atoms with Crippen molar-refractivity contribution < 1.29 is 13.9 Å². The maximum atomic E-state index is 11.9. The van der Waals surface area contributed by atoms with Crippen LogP contribution in [0.2, 0.25) is 0 Å². The predicted molar refractivity (Wildman–Crippen MR) is 65.6 cm³/mol. The fourth-order valence-electron chi connectivity index (χ4n) is 1.84. The third-order valence-electron chi connectivity index (χ3n) is 2.36. The Labute approximate surface area is 96.7 Å². The molecule has 0 aliphatic rings. The molecule has 0 spiro atoms. The topological polar surface area (TPSA) is 43.4 Å². The molecule has 0 saturated heterocycles. The first-order valence-corrected chi connectivity index (χ1v) is 6.58. The molecule has 0 amide bonds. The molecule has 1 aromatic rings. The highest BCUT2D eigenvalue weighted by atomic mass is 31.1. The van der Waals surface area contributed by atoms with Crippen LogP contribution in [0.1, 0.15) is 34.0 Å². The Morgan fingerprint density at radius 1 is 1.25 bits per heavy atom. The number of rotatable bonds is 4. The third kappa shape index (κ3) is 2.81. The first kappa shape index (κ1) is 13.1. The van der Waals surface area contributed by atoms with Gasteiger partial charge < -0.3 is 4.52 Å². The quantitative estimate of drug-likeness (QED) is 0.758.